The quantitative estimate of drug-likeness (QED) is 0.622. The van der Waals surface area contributed by atoms with Gasteiger partial charge in [-0.1, -0.05) is 11.6 Å². The van der Waals surface area contributed by atoms with Gasteiger partial charge >= 0.3 is 0 Å². The Labute approximate surface area is 137 Å². The van der Waals surface area contributed by atoms with Crippen LogP contribution in [0.15, 0.2) is 46.1 Å². The molecule has 2 N–H and O–H groups in total. The van der Waals surface area contributed by atoms with Crippen LogP contribution in [0.25, 0.3) is 0 Å². The van der Waals surface area contributed by atoms with Crippen LogP contribution in [0.3, 0.4) is 0 Å². The molecule has 8 heteroatoms. The first kappa shape index (κ1) is 16.6. The van der Waals surface area contributed by atoms with Gasteiger partial charge in [-0.05, 0) is 35.9 Å². The fraction of sp³-hybridized carbons (Fsp3) is 0.133. The van der Waals surface area contributed by atoms with E-state index in [0.717, 1.165) is 0 Å². The molecule has 1 aromatic carbocycles. The molecule has 0 aliphatic heterocycles. The van der Waals surface area contributed by atoms with Gasteiger partial charge in [0.2, 0.25) is 0 Å². The molecular weight excluding hydrogens is 322 g/mol. The molecule has 0 fully saturated rings. The van der Waals surface area contributed by atoms with Crippen molar-refractivity contribution in [1.29, 1.82) is 0 Å². The minimum absolute atomic E-state index is 0.133. The van der Waals surface area contributed by atoms with Gasteiger partial charge in [0.1, 0.15) is 5.75 Å². The summed E-state index contributed by atoms with van der Waals surface area (Å²) in [7, 11) is 1.52. The van der Waals surface area contributed by atoms with E-state index in [0.29, 0.717) is 16.3 Å². The van der Waals surface area contributed by atoms with E-state index in [1.165, 1.54) is 25.7 Å². The lowest BCUT2D eigenvalue weighted by atomic mass is 10.2. The summed E-state index contributed by atoms with van der Waals surface area (Å²) in [5.74, 6) is -0.264. The lowest BCUT2D eigenvalue weighted by Gasteiger charge is -2.03. The molecule has 2 aromatic rings. The van der Waals surface area contributed by atoms with Crippen molar-refractivity contribution in [2.75, 3.05) is 13.7 Å². The molecule has 0 aliphatic carbocycles. The van der Waals surface area contributed by atoms with Crippen LogP contribution in [0.2, 0.25) is 5.02 Å². The summed E-state index contributed by atoms with van der Waals surface area (Å²) >= 11 is 5.97. The summed E-state index contributed by atoms with van der Waals surface area (Å²) in [5, 5.41) is 6.62. The normalized spacial score (nSPS) is 10.5. The summed E-state index contributed by atoms with van der Waals surface area (Å²) in [6.45, 7) is -0.222. The van der Waals surface area contributed by atoms with Gasteiger partial charge in [-0.25, -0.2) is 5.43 Å². The Morgan fingerprint density at radius 1 is 1.39 bits per heavy atom. The molecule has 1 heterocycles. The molecule has 1 aromatic heterocycles. The highest BCUT2D eigenvalue weighted by Gasteiger charge is 2.09. The molecule has 120 valence electrons. The number of hydrogen-bond acceptors (Lipinski definition) is 5. The Balaban J connectivity index is 1.79. The summed E-state index contributed by atoms with van der Waals surface area (Å²) in [6, 6.07) is 8.15. The SMILES string of the molecule is COc1ccc(C=NNC(=O)CNC(=O)c2ccco2)cc1Cl. The van der Waals surface area contributed by atoms with E-state index in [-0.39, 0.29) is 12.3 Å². The van der Waals surface area contributed by atoms with E-state index < -0.39 is 11.8 Å². The van der Waals surface area contributed by atoms with Crippen LogP contribution < -0.4 is 15.5 Å². The molecule has 2 amide bonds. The van der Waals surface area contributed by atoms with Crippen molar-refractivity contribution in [2.45, 2.75) is 0 Å². The van der Waals surface area contributed by atoms with Gasteiger partial charge in [0.15, 0.2) is 5.76 Å². The van der Waals surface area contributed by atoms with Crippen LogP contribution >= 0.6 is 11.6 Å². The Morgan fingerprint density at radius 3 is 2.87 bits per heavy atom. The van der Waals surface area contributed by atoms with Crippen LogP contribution in [0.1, 0.15) is 16.1 Å². The maximum atomic E-state index is 11.6. The number of methoxy groups -OCH3 is 1. The molecule has 0 radical (unpaired) electrons. The highest BCUT2D eigenvalue weighted by molar-refractivity contribution is 6.32. The molecule has 0 saturated heterocycles. The minimum Gasteiger partial charge on any atom is -0.495 e. The molecule has 0 atom stereocenters. The average molecular weight is 336 g/mol. The van der Waals surface area contributed by atoms with E-state index in [2.05, 4.69) is 15.8 Å². The summed E-state index contributed by atoms with van der Waals surface area (Å²) < 4.78 is 9.93. The predicted molar refractivity (Wildman–Crippen MR) is 84.8 cm³/mol. The first-order valence-electron chi connectivity index (χ1n) is 6.57. The van der Waals surface area contributed by atoms with Gasteiger partial charge in [-0.3, -0.25) is 9.59 Å². The van der Waals surface area contributed by atoms with Gasteiger partial charge in [-0.2, -0.15) is 5.10 Å². The number of ether oxygens (including phenoxy) is 1. The van der Waals surface area contributed by atoms with E-state index in [4.69, 9.17) is 20.8 Å². The second kappa shape index (κ2) is 8.00. The Hall–Kier alpha value is -2.80. The van der Waals surface area contributed by atoms with E-state index in [9.17, 15) is 9.59 Å². The first-order valence-corrected chi connectivity index (χ1v) is 6.95. The maximum absolute atomic E-state index is 11.6. The highest BCUT2D eigenvalue weighted by atomic mass is 35.5. The van der Waals surface area contributed by atoms with Crippen molar-refractivity contribution in [3.05, 3.63) is 52.9 Å². The van der Waals surface area contributed by atoms with Crippen molar-refractivity contribution < 1.29 is 18.7 Å². The van der Waals surface area contributed by atoms with E-state index in [1.54, 1.807) is 24.3 Å². The zero-order valence-corrected chi connectivity index (χ0v) is 13.0. The first-order chi connectivity index (χ1) is 11.1. The molecule has 0 spiro atoms. The lowest BCUT2D eigenvalue weighted by Crippen LogP contribution is -2.34. The Kier molecular flexibility index (Phi) is 5.76. The number of rotatable bonds is 6. The van der Waals surface area contributed by atoms with Crippen molar-refractivity contribution in [1.82, 2.24) is 10.7 Å². The smallest absolute Gasteiger partial charge is 0.287 e. The fourth-order valence-electron chi connectivity index (χ4n) is 1.64. The molecule has 7 nitrogen and oxygen atoms in total. The number of hydrogen-bond donors (Lipinski definition) is 2. The third-order valence-corrected chi connectivity index (χ3v) is 3.03. The molecule has 0 bridgehead atoms. The van der Waals surface area contributed by atoms with Crippen molar-refractivity contribution in [2.24, 2.45) is 5.10 Å². The summed E-state index contributed by atoms with van der Waals surface area (Å²) in [6.07, 6.45) is 2.80. The highest BCUT2D eigenvalue weighted by Crippen LogP contribution is 2.24. The number of furan rings is 1. The van der Waals surface area contributed by atoms with Crippen LogP contribution in [-0.4, -0.2) is 31.7 Å². The van der Waals surface area contributed by atoms with Gasteiger partial charge < -0.3 is 14.5 Å². The summed E-state index contributed by atoms with van der Waals surface area (Å²) in [5.41, 5.74) is 2.98. The van der Waals surface area contributed by atoms with Crippen LogP contribution in [0.4, 0.5) is 0 Å². The fourth-order valence-corrected chi connectivity index (χ4v) is 1.90. The molecule has 23 heavy (non-hydrogen) atoms. The van der Waals surface area contributed by atoms with Crippen LogP contribution in [0, 0.1) is 0 Å². The monoisotopic (exact) mass is 335 g/mol. The second-order valence-corrected chi connectivity index (χ2v) is 4.75. The third-order valence-electron chi connectivity index (χ3n) is 2.73. The maximum Gasteiger partial charge on any atom is 0.287 e. The zero-order valence-electron chi connectivity index (χ0n) is 12.2. The number of benzene rings is 1. The third kappa shape index (κ3) is 4.86. The van der Waals surface area contributed by atoms with Gasteiger partial charge in [-0.15, -0.1) is 0 Å². The topological polar surface area (TPSA) is 92.9 Å². The van der Waals surface area contributed by atoms with E-state index >= 15 is 0 Å². The number of hydrazone groups is 1. The standard InChI is InChI=1S/C15H14ClN3O4/c1-22-12-5-4-10(7-11(12)16)8-18-19-14(20)9-17-15(21)13-3-2-6-23-13/h2-8H,9H2,1H3,(H,17,21)(H,19,20). The van der Waals surface area contributed by atoms with Gasteiger partial charge in [0.05, 0.1) is 31.2 Å². The van der Waals surface area contributed by atoms with E-state index in [1.807, 2.05) is 0 Å². The summed E-state index contributed by atoms with van der Waals surface area (Å²) in [4.78, 5) is 23.1. The van der Waals surface area contributed by atoms with Gasteiger partial charge in [0, 0.05) is 0 Å². The van der Waals surface area contributed by atoms with Crippen LogP contribution in [0.5, 0.6) is 5.75 Å². The molecule has 0 unspecified atom stereocenters. The lowest BCUT2D eigenvalue weighted by molar-refractivity contribution is -0.120. The average Bonchev–Trinajstić information content (AvgIpc) is 3.07. The number of amides is 2. The van der Waals surface area contributed by atoms with Crippen molar-refractivity contribution in [3.8, 4) is 5.75 Å². The Bertz CT molecular complexity index is 714. The number of carbonyl (C=O) groups excluding carboxylic acids is 2. The van der Waals surface area contributed by atoms with Crippen LogP contribution in [-0.2, 0) is 4.79 Å². The molecular formula is C15H14ClN3O4. The molecule has 0 saturated carbocycles. The number of nitrogens with zero attached hydrogens (tertiary/aromatic N) is 1. The molecule has 0 aliphatic rings. The zero-order chi connectivity index (χ0) is 16.7. The minimum atomic E-state index is -0.476. The largest absolute Gasteiger partial charge is 0.495 e. The van der Waals surface area contributed by atoms with Crippen molar-refractivity contribution in [3.63, 3.8) is 0 Å². The molecule has 2 rings (SSSR count). The van der Waals surface area contributed by atoms with Crippen molar-refractivity contribution >= 4 is 29.6 Å². The van der Waals surface area contributed by atoms with Gasteiger partial charge in [0.25, 0.3) is 11.8 Å². The predicted octanol–water partition coefficient (Wildman–Crippen LogP) is 1.82. The Morgan fingerprint density at radius 2 is 2.22 bits per heavy atom. The number of nitrogens with one attached hydrogen (secondary N) is 2. The number of halogens is 1. The number of carbonyl (C=O) groups is 2. The second-order valence-electron chi connectivity index (χ2n) is 4.35.